The molecule has 0 saturated carbocycles. The predicted molar refractivity (Wildman–Crippen MR) is 55.8 cm³/mol. The fraction of sp³-hybridized carbons (Fsp3) is 0.400. The molecular weight excluding hydrogens is 262 g/mol. The molecule has 1 aromatic carbocycles. The van der Waals surface area contributed by atoms with Crippen LogP contribution in [0.5, 0.6) is 5.75 Å². The Kier molecular flexibility index (Phi) is 4.59. The van der Waals surface area contributed by atoms with E-state index in [0.717, 1.165) is 0 Å². The van der Waals surface area contributed by atoms with Crippen LogP contribution >= 0.6 is 11.6 Å². The highest BCUT2D eigenvalue weighted by molar-refractivity contribution is 6.31. The molecule has 2 nitrogen and oxygen atoms in total. The molecule has 0 aliphatic carbocycles. The van der Waals surface area contributed by atoms with Crippen molar-refractivity contribution >= 4 is 11.6 Å². The molecule has 0 aromatic heterocycles. The molecule has 96 valence electrons. The number of alkyl halides is 4. The smallest absolute Gasteiger partial charge is 0.319 e. The number of benzene rings is 1. The Hall–Kier alpha value is -1.01. The highest BCUT2D eigenvalue weighted by Crippen LogP contribution is 2.26. The van der Waals surface area contributed by atoms with Gasteiger partial charge < -0.3 is 10.4 Å². The molecular formula is C10H10ClF4NO. The monoisotopic (exact) mass is 271 g/mol. The van der Waals surface area contributed by atoms with Gasteiger partial charge in [0.15, 0.2) is 0 Å². The number of aromatic hydroxyl groups is 1. The molecule has 1 rings (SSSR count). The van der Waals surface area contributed by atoms with Crippen molar-refractivity contribution in [3.8, 4) is 5.75 Å². The fourth-order valence-corrected chi connectivity index (χ4v) is 1.39. The minimum atomic E-state index is -4.10. The lowest BCUT2D eigenvalue weighted by Crippen LogP contribution is -2.38. The SMILES string of the molecule is Oc1cccc(Cl)c1CNCC(F)(F)C(F)F. The highest BCUT2D eigenvalue weighted by atomic mass is 35.5. The summed E-state index contributed by atoms with van der Waals surface area (Å²) in [5.41, 5.74) is 0.194. The van der Waals surface area contributed by atoms with Crippen molar-refractivity contribution in [1.29, 1.82) is 0 Å². The molecule has 0 spiro atoms. The zero-order valence-corrected chi connectivity index (χ0v) is 9.32. The maximum absolute atomic E-state index is 12.5. The first-order chi connectivity index (χ1) is 7.84. The zero-order chi connectivity index (χ0) is 13.1. The van der Waals surface area contributed by atoms with Crippen molar-refractivity contribution in [2.45, 2.75) is 18.9 Å². The fourth-order valence-electron chi connectivity index (χ4n) is 1.15. The van der Waals surface area contributed by atoms with Gasteiger partial charge in [0.25, 0.3) is 0 Å². The van der Waals surface area contributed by atoms with Gasteiger partial charge in [0, 0.05) is 17.1 Å². The van der Waals surface area contributed by atoms with Crippen molar-refractivity contribution in [2.75, 3.05) is 6.54 Å². The number of halogens is 5. The second-order valence-electron chi connectivity index (χ2n) is 3.40. The minimum Gasteiger partial charge on any atom is -0.508 e. The highest BCUT2D eigenvalue weighted by Gasteiger charge is 2.40. The van der Waals surface area contributed by atoms with Gasteiger partial charge in [0.2, 0.25) is 0 Å². The van der Waals surface area contributed by atoms with E-state index < -0.39 is 18.9 Å². The Bertz CT molecular complexity index is 366. The predicted octanol–water partition coefficient (Wildman–Crippen LogP) is 3.04. The van der Waals surface area contributed by atoms with E-state index in [-0.39, 0.29) is 22.9 Å². The van der Waals surface area contributed by atoms with Crippen LogP contribution in [0.4, 0.5) is 17.6 Å². The summed E-state index contributed by atoms with van der Waals surface area (Å²) in [7, 11) is 0. The van der Waals surface area contributed by atoms with Gasteiger partial charge in [0.05, 0.1) is 6.54 Å². The van der Waals surface area contributed by atoms with E-state index in [1.807, 2.05) is 0 Å². The summed E-state index contributed by atoms with van der Waals surface area (Å²) in [4.78, 5) is 0. The number of rotatable bonds is 5. The van der Waals surface area contributed by atoms with Crippen molar-refractivity contribution in [1.82, 2.24) is 5.32 Å². The van der Waals surface area contributed by atoms with E-state index in [1.165, 1.54) is 18.2 Å². The third kappa shape index (κ3) is 3.74. The lowest BCUT2D eigenvalue weighted by molar-refractivity contribution is -0.125. The van der Waals surface area contributed by atoms with E-state index in [2.05, 4.69) is 5.32 Å². The van der Waals surface area contributed by atoms with Gasteiger partial charge >= 0.3 is 12.3 Å². The number of phenolic OH excluding ortho intramolecular Hbond substituents is 1. The van der Waals surface area contributed by atoms with E-state index >= 15 is 0 Å². The maximum atomic E-state index is 12.5. The van der Waals surface area contributed by atoms with Crippen LogP contribution in [0.3, 0.4) is 0 Å². The summed E-state index contributed by atoms with van der Waals surface area (Å²) < 4.78 is 48.7. The first-order valence-electron chi connectivity index (χ1n) is 4.67. The Balaban J connectivity index is 2.57. The molecule has 2 N–H and O–H groups in total. The first-order valence-corrected chi connectivity index (χ1v) is 5.05. The van der Waals surface area contributed by atoms with Gasteiger partial charge in [-0.1, -0.05) is 17.7 Å². The number of hydrogen-bond acceptors (Lipinski definition) is 2. The molecule has 0 saturated heterocycles. The van der Waals surface area contributed by atoms with Crippen LogP contribution in [0.2, 0.25) is 5.02 Å². The van der Waals surface area contributed by atoms with Gasteiger partial charge in [-0.05, 0) is 12.1 Å². The molecule has 17 heavy (non-hydrogen) atoms. The molecule has 0 atom stereocenters. The van der Waals surface area contributed by atoms with Gasteiger partial charge in [-0.15, -0.1) is 0 Å². The third-order valence-corrected chi connectivity index (χ3v) is 2.43. The van der Waals surface area contributed by atoms with E-state index in [4.69, 9.17) is 11.6 Å². The lowest BCUT2D eigenvalue weighted by Gasteiger charge is -2.16. The standard InChI is InChI=1S/C10H10ClF4NO/c11-7-2-1-3-8(17)6(7)4-16-5-10(14,15)9(12)13/h1-3,9,16-17H,4-5H2. The second-order valence-corrected chi connectivity index (χ2v) is 3.81. The van der Waals surface area contributed by atoms with Crippen LogP contribution < -0.4 is 5.32 Å². The average molecular weight is 272 g/mol. The summed E-state index contributed by atoms with van der Waals surface area (Å²) in [6.07, 6.45) is -3.73. The largest absolute Gasteiger partial charge is 0.508 e. The molecule has 0 aliphatic rings. The molecule has 0 amide bonds. The summed E-state index contributed by atoms with van der Waals surface area (Å²) in [5, 5.41) is 11.7. The molecule has 7 heteroatoms. The molecule has 0 fully saturated rings. The zero-order valence-electron chi connectivity index (χ0n) is 8.56. The quantitative estimate of drug-likeness (QED) is 0.807. The molecule has 1 aromatic rings. The van der Waals surface area contributed by atoms with Crippen LogP contribution in [-0.4, -0.2) is 24.0 Å². The average Bonchev–Trinajstić information content (AvgIpc) is 2.22. The third-order valence-electron chi connectivity index (χ3n) is 2.08. The second kappa shape index (κ2) is 5.55. The van der Waals surface area contributed by atoms with Gasteiger partial charge in [-0.2, -0.15) is 8.78 Å². The van der Waals surface area contributed by atoms with Crippen LogP contribution in [0.1, 0.15) is 5.56 Å². The van der Waals surface area contributed by atoms with Crippen molar-refractivity contribution in [3.63, 3.8) is 0 Å². The van der Waals surface area contributed by atoms with Gasteiger partial charge in [-0.25, -0.2) is 8.78 Å². The maximum Gasteiger partial charge on any atom is 0.319 e. The Morgan fingerprint density at radius 2 is 2.00 bits per heavy atom. The van der Waals surface area contributed by atoms with Gasteiger partial charge in [-0.3, -0.25) is 0 Å². The summed E-state index contributed by atoms with van der Waals surface area (Å²) >= 11 is 5.71. The summed E-state index contributed by atoms with van der Waals surface area (Å²) in [5.74, 6) is -4.28. The molecule has 0 bridgehead atoms. The lowest BCUT2D eigenvalue weighted by atomic mass is 10.2. The number of hydrogen-bond donors (Lipinski definition) is 2. The van der Waals surface area contributed by atoms with E-state index in [9.17, 15) is 22.7 Å². The molecule has 0 aliphatic heterocycles. The minimum absolute atomic E-state index is 0.176. The van der Waals surface area contributed by atoms with E-state index in [0.29, 0.717) is 0 Å². The summed E-state index contributed by atoms with van der Waals surface area (Å²) in [6, 6.07) is 4.27. The first kappa shape index (κ1) is 14.1. The van der Waals surface area contributed by atoms with E-state index in [1.54, 1.807) is 0 Å². The van der Waals surface area contributed by atoms with Crippen molar-refractivity contribution < 1.29 is 22.7 Å². The van der Waals surface area contributed by atoms with Crippen molar-refractivity contribution in [2.24, 2.45) is 0 Å². The topological polar surface area (TPSA) is 32.3 Å². The van der Waals surface area contributed by atoms with Gasteiger partial charge in [0.1, 0.15) is 5.75 Å². The Labute approximate surface area is 100 Å². The molecule has 0 heterocycles. The Morgan fingerprint density at radius 3 is 2.53 bits per heavy atom. The Morgan fingerprint density at radius 1 is 1.35 bits per heavy atom. The van der Waals surface area contributed by atoms with Crippen LogP contribution in [-0.2, 0) is 6.54 Å². The number of phenols is 1. The van der Waals surface area contributed by atoms with Crippen LogP contribution in [0.15, 0.2) is 18.2 Å². The molecule has 0 radical (unpaired) electrons. The normalized spacial score (nSPS) is 12.1. The number of nitrogens with one attached hydrogen (secondary N) is 1. The molecule has 0 unspecified atom stereocenters. The van der Waals surface area contributed by atoms with Crippen molar-refractivity contribution in [3.05, 3.63) is 28.8 Å². The van der Waals surface area contributed by atoms with Crippen LogP contribution in [0, 0.1) is 0 Å². The van der Waals surface area contributed by atoms with Crippen LogP contribution in [0.25, 0.3) is 0 Å². The summed E-state index contributed by atoms with van der Waals surface area (Å²) in [6.45, 7) is -1.40.